The Bertz CT molecular complexity index is 576. The van der Waals surface area contributed by atoms with Gasteiger partial charge in [-0.25, -0.2) is 4.98 Å². The number of anilines is 1. The quantitative estimate of drug-likeness (QED) is 0.864. The first-order chi connectivity index (χ1) is 9.66. The first kappa shape index (κ1) is 17.0. The van der Waals surface area contributed by atoms with E-state index in [9.17, 15) is 18.0 Å². The topological polar surface area (TPSA) is 65.8 Å². The molecule has 0 amide bonds. The van der Waals surface area contributed by atoms with Crippen LogP contribution in [0.2, 0.25) is 0 Å². The van der Waals surface area contributed by atoms with Gasteiger partial charge >= 0.3 is 6.18 Å². The summed E-state index contributed by atoms with van der Waals surface area (Å²) in [6, 6.07) is 3.70. The molecule has 0 spiro atoms. The van der Waals surface area contributed by atoms with Crippen molar-refractivity contribution >= 4 is 28.8 Å². The van der Waals surface area contributed by atoms with Crippen LogP contribution in [0, 0.1) is 23.2 Å². The fourth-order valence-corrected chi connectivity index (χ4v) is 1.69. The lowest BCUT2D eigenvalue weighted by Crippen LogP contribution is -2.30. The minimum Gasteiger partial charge on any atom is -0.333 e. The molecule has 4 nitrogen and oxygen atoms in total. The second-order valence-electron chi connectivity index (χ2n) is 4.54. The van der Waals surface area contributed by atoms with Crippen LogP contribution in [0.25, 0.3) is 0 Å². The highest BCUT2D eigenvalue weighted by Gasteiger charge is 2.31. The second-order valence-corrected chi connectivity index (χ2v) is 4.98. The van der Waals surface area contributed by atoms with Crippen LogP contribution in [0.5, 0.6) is 0 Å². The molecule has 1 atom stereocenters. The minimum atomic E-state index is -4.48. The number of Topliss-reactive ketones (excluding diaryl/α,β-unsaturated/α-hetero) is 1. The second kappa shape index (κ2) is 6.63. The Morgan fingerprint density at radius 1 is 1.43 bits per heavy atom. The third-order valence-electron chi connectivity index (χ3n) is 2.59. The Morgan fingerprint density at radius 2 is 2.05 bits per heavy atom. The van der Waals surface area contributed by atoms with Crippen LogP contribution < -0.4 is 5.32 Å². The zero-order valence-corrected chi connectivity index (χ0v) is 12.0. The molecule has 0 aliphatic carbocycles. The van der Waals surface area contributed by atoms with E-state index in [0.717, 1.165) is 12.1 Å². The highest BCUT2D eigenvalue weighted by molar-refractivity contribution is 7.80. The number of nitriles is 1. The molecular weight excluding hydrogens is 303 g/mol. The summed E-state index contributed by atoms with van der Waals surface area (Å²) in [5.74, 6) is -1.84. The van der Waals surface area contributed by atoms with Crippen molar-refractivity contribution in [3.8, 4) is 6.07 Å². The molecule has 0 saturated heterocycles. The van der Waals surface area contributed by atoms with E-state index in [4.69, 9.17) is 17.5 Å². The van der Waals surface area contributed by atoms with Crippen LogP contribution in [0.15, 0.2) is 18.3 Å². The van der Waals surface area contributed by atoms with Gasteiger partial charge in [-0.2, -0.15) is 18.4 Å². The van der Waals surface area contributed by atoms with Crippen molar-refractivity contribution in [1.29, 1.82) is 5.26 Å². The van der Waals surface area contributed by atoms with Gasteiger partial charge < -0.3 is 5.32 Å². The maximum absolute atomic E-state index is 12.4. The number of nitrogens with zero attached hydrogens (tertiary/aromatic N) is 2. The molecule has 0 fully saturated rings. The molecule has 8 heteroatoms. The summed E-state index contributed by atoms with van der Waals surface area (Å²) in [5.41, 5.74) is -0.894. The Hall–Kier alpha value is -2.01. The largest absolute Gasteiger partial charge is 0.417 e. The van der Waals surface area contributed by atoms with Gasteiger partial charge in [0.05, 0.1) is 11.6 Å². The molecule has 1 N–H and O–H groups in total. The Balaban J connectivity index is 2.84. The van der Waals surface area contributed by atoms with E-state index < -0.39 is 17.7 Å². The molecule has 0 aromatic carbocycles. The average Bonchev–Trinajstić information content (AvgIpc) is 2.38. The smallest absolute Gasteiger partial charge is 0.333 e. The number of hydrogen-bond donors (Lipinski definition) is 1. The standard InChI is InChI=1S/C13H12F3N3OS/c1-7(2)11(20)9(5-17)12(21)19-10-4-3-8(6-18-10)13(14,15)16/h3-4,6-7,9H,1-2H3,(H,18,19,21). The third kappa shape index (κ3) is 4.49. The number of halogens is 3. The van der Waals surface area contributed by atoms with E-state index in [1.54, 1.807) is 19.9 Å². The SMILES string of the molecule is CC(C)C(=O)C(C#N)C(=S)Nc1ccc(C(F)(F)F)cn1. The highest BCUT2D eigenvalue weighted by Crippen LogP contribution is 2.28. The Morgan fingerprint density at radius 3 is 2.43 bits per heavy atom. The Kier molecular flexibility index (Phi) is 5.38. The van der Waals surface area contributed by atoms with Crippen LogP contribution >= 0.6 is 12.2 Å². The van der Waals surface area contributed by atoms with Crippen molar-refractivity contribution < 1.29 is 18.0 Å². The van der Waals surface area contributed by atoms with Crippen LogP contribution in [-0.4, -0.2) is 15.8 Å². The van der Waals surface area contributed by atoms with Gasteiger partial charge in [0.1, 0.15) is 10.8 Å². The predicted octanol–water partition coefficient (Wildman–Crippen LogP) is 3.20. The molecule has 112 valence electrons. The van der Waals surface area contributed by atoms with Crippen molar-refractivity contribution in [3.05, 3.63) is 23.9 Å². The summed E-state index contributed by atoms with van der Waals surface area (Å²) in [6.45, 7) is 3.26. The number of carbonyl (C=O) groups excluding carboxylic acids is 1. The normalized spacial score (nSPS) is 12.6. The molecule has 0 aliphatic rings. The number of ketones is 1. The fourth-order valence-electron chi connectivity index (χ4n) is 1.42. The van der Waals surface area contributed by atoms with Crippen LogP contribution in [0.3, 0.4) is 0 Å². The first-order valence-corrected chi connectivity index (χ1v) is 6.35. The summed E-state index contributed by atoms with van der Waals surface area (Å²) in [6.07, 6.45) is -3.83. The summed E-state index contributed by atoms with van der Waals surface area (Å²) in [4.78, 5) is 15.3. The number of hydrogen-bond acceptors (Lipinski definition) is 4. The lowest BCUT2D eigenvalue weighted by Gasteiger charge is -2.14. The number of carbonyl (C=O) groups is 1. The molecule has 21 heavy (non-hydrogen) atoms. The molecule has 1 heterocycles. The number of thiocarbonyl (C=S) groups is 1. The van der Waals surface area contributed by atoms with Crippen LogP contribution in [0.1, 0.15) is 19.4 Å². The molecule has 0 aliphatic heterocycles. The van der Waals surface area contributed by atoms with E-state index in [1.807, 2.05) is 0 Å². The van der Waals surface area contributed by atoms with E-state index in [0.29, 0.717) is 6.20 Å². The Labute approximate surface area is 125 Å². The van der Waals surface area contributed by atoms with E-state index >= 15 is 0 Å². The summed E-state index contributed by atoms with van der Waals surface area (Å²) < 4.78 is 37.2. The summed E-state index contributed by atoms with van der Waals surface area (Å²) in [7, 11) is 0. The van der Waals surface area contributed by atoms with Gasteiger partial charge in [0.2, 0.25) is 0 Å². The number of pyridine rings is 1. The van der Waals surface area contributed by atoms with Crippen molar-refractivity contribution in [2.45, 2.75) is 20.0 Å². The zero-order chi connectivity index (χ0) is 16.2. The third-order valence-corrected chi connectivity index (χ3v) is 2.92. The lowest BCUT2D eigenvalue weighted by atomic mass is 9.96. The number of rotatable bonds is 4. The molecule has 0 radical (unpaired) electrons. The van der Waals surface area contributed by atoms with Gasteiger partial charge in [-0.1, -0.05) is 26.1 Å². The maximum atomic E-state index is 12.4. The van der Waals surface area contributed by atoms with Gasteiger partial charge in [0, 0.05) is 12.1 Å². The first-order valence-electron chi connectivity index (χ1n) is 5.94. The zero-order valence-electron chi connectivity index (χ0n) is 11.2. The van der Waals surface area contributed by atoms with Gasteiger partial charge in [-0.3, -0.25) is 4.79 Å². The van der Waals surface area contributed by atoms with Crippen molar-refractivity contribution in [1.82, 2.24) is 4.98 Å². The summed E-state index contributed by atoms with van der Waals surface area (Å²) in [5, 5.41) is 11.5. The van der Waals surface area contributed by atoms with Crippen molar-refractivity contribution in [3.63, 3.8) is 0 Å². The lowest BCUT2D eigenvalue weighted by molar-refractivity contribution is -0.137. The van der Waals surface area contributed by atoms with Gasteiger partial charge in [-0.05, 0) is 12.1 Å². The average molecular weight is 315 g/mol. The number of aromatic nitrogens is 1. The maximum Gasteiger partial charge on any atom is 0.417 e. The molecule has 0 saturated carbocycles. The van der Waals surface area contributed by atoms with Gasteiger partial charge in [-0.15, -0.1) is 0 Å². The van der Waals surface area contributed by atoms with E-state index in [-0.39, 0.29) is 22.5 Å². The van der Waals surface area contributed by atoms with Crippen molar-refractivity contribution in [2.75, 3.05) is 5.32 Å². The fraction of sp³-hybridized carbons (Fsp3) is 0.385. The van der Waals surface area contributed by atoms with Crippen molar-refractivity contribution in [2.24, 2.45) is 11.8 Å². The minimum absolute atomic E-state index is 0.0461. The van der Waals surface area contributed by atoms with Gasteiger partial charge in [0.25, 0.3) is 0 Å². The number of alkyl halides is 3. The molecular formula is C13H12F3N3OS. The van der Waals surface area contributed by atoms with Crippen LogP contribution in [-0.2, 0) is 11.0 Å². The molecule has 1 aromatic heterocycles. The molecule has 1 rings (SSSR count). The molecule has 1 aromatic rings. The highest BCUT2D eigenvalue weighted by atomic mass is 32.1. The van der Waals surface area contributed by atoms with E-state index in [1.165, 1.54) is 0 Å². The molecule has 0 bridgehead atoms. The monoisotopic (exact) mass is 315 g/mol. The van der Waals surface area contributed by atoms with Gasteiger partial charge in [0.15, 0.2) is 11.7 Å². The summed E-state index contributed by atoms with van der Waals surface area (Å²) >= 11 is 4.94. The van der Waals surface area contributed by atoms with E-state index in [2.05, 4.69) is 10.3 Å². The van der Waals surface area contributed by atoms with Crippen LogP contribution in [0.4, 0.5) is 19.0 Å². The predicted molar refractivity (Wildman–Crippen MR) is 74.4 cm³/mol. The number of nitrogens with one attached hydrogen (secondary N) is 1. The molecule has 1 unspecified atom stereocenters.